The summed E-state index contributed by atoms with van der Waals surface area (Å²) in [7, 11) is 0. The van der Waals surface area contributed by atoms with Crippen molar-refractivity contribution >= 4 is 0 Å². The quantitative estimate of drug-likeness (QED) is 0.514. The molecule has 3 nitrogen and oxygen atoms in total. The molecule has 2 aromatic rings. The smallest absolute Gasteiger partial charge is 0.127 e. The van der Waals surface area contributed by atoms with Gasteiger partial charge in [0.1, 0.15) is 11.5 Å². The van der Waals surface area contributed by atoms with E-state index in [1.807, 2.05) is 0 Å². The van der Waals surface area contributed by atoms with Crippen LogP contribution in [0.5, 0.6) is 11.5 Å². The molecule has 2 saturated heterocycles. The molecular weight excluding hydrogens is 384 g/mol. The molecule has 0 N–H and O–H groups in total. The maximum atomic E-state index is 6.14. The Bertz CT molecular complexity index is 813. The summed E-state index contributed by atoms with van der Waals surface area (Å²) in [5.41, 5.74) is 3.40. The highest BCUT2D eigenvalue weighted by Gasteiger charge is 2.50. The van der Waals surface area contributed by atoms with E-state index < -0.39 is 0 Å². The van der Waals surface area contributed by atoms with E-state index in [9.17, 15) is 0 Å². The highest BCUT2D eigenvalue weighted by atomic mass is 16.5. The van der Waals surface area contributed by atoms with E-state index in [4.69, 9.17) is 14.2 Å². The molecule has 4 fully saturated rings. The molecule has 2 aliphatic heterocycles. The van der Waals surface area contributed by atoms with Crippen molar-refractivity contribution in [2.45, 2.75) is 76.4 Å². The van der Waals surface area contributed by atoms with Gasteiger partial charge in [-0.3, -0.25) is 0 Å². The molecule has 2 aliphatic carbocycles. The summed E-state index contributed by atoms with van der Waals surface area (Å²) in [4.78, 5) is 0. The van der Waals surface area contributed by atoms with Gasteiger partial charge < -0.3 is 14.2 Å². The number of hydrogen-bond acceptors (Lipinski definition) is 3. The van der Waals surface area contributed by atoms with Crippen molar-refractivity contribution < 1.29 is 14.2 Å². The van der Waals surface area contributed by atoms with E-state index in [0.717, 1.165) is 24.7 Å². The molecule has 0 aromatic heterocycles. The first-order chi connectivity index (χ1) is 15.3. The molecule has 2 heterocycles. The van der Waals surface area contributed by atoms with Crippen molar-refractivity contribution in [1.82, 2.24) is 0 Å². The lowest BCUT2D eigenvalue weighted by Gasteiger charge is -2.52. The Hall–Kier alpha value is -1.84. The average molecular weight is 419 g/mol. The van der Waals surface area contributed by atoms with Crippen LogP contribution in [0.2, 0.25) is 0 Å². The molecule has 2 aromatic carbocycles. The minimum atomic E-state index is 0.274. The van der Waals surface area contributed by atoms with Gasteiger partial charge in [-0.05, 0) is 61.1 Å². The van der Waals surface area contributed by atoms with Gasteiger partial charge in [-0.2, -0.15) is 0 Å². The lowest BCUT2D eigenvalue weighted by atomic mass is 9.66. The summed E-state index contributed by atoms with van der Waals surface area (Å²) >= 11 is 0. The molecule has 31 heavy (non-hydrogen) atoms. The van der Waals surface area contributed by atoms with E-state index in [2.05, 4.69) is 48.5 Å². The first-order valence-electron chi connectivity index (χ1n) is 12.4. The second-order valence-corrected chi connectivity index (χ2v) is 10.5. The normalized spacial score (nSPS) is 28.6. The lowest BCUT2D eigenvalue weighted by Crippen LogP contribution is -2.46. The molecule has 4 aliphatic rings. The molecule has 2 saturated carbocycles. The molecule has 6 rings (SSSR count). The minimum Gasteiger partial charge on any atom is -0.457 e. The van der Waals surface area contributed by atoms with Crippen LogP contribution in [0, 0.1) is 10.8 Å². The zero-order valence-electron chi connectivity index (χ0n) is 18.5. The van der Waals surface area contributed by atoms with Crippen LogP contribution in [0.4, 0.5) is 0 Å². The highest BCUT2D eigenvalue weighted by molar-refractivity contribution is 5.37. The number of benzene rings is 2. The zero-order chi connectivity index (χ0) is 20.7. The second-order valence-electron chi connectivity index (χ2n) is 10.5. The zero-order valence-corrected chi connectivity index (χ0v) is 18.5. The largest absolute Gasteiger partial charge is 0.457 e. The summed E-state index contributed by atoms with van der Waals surface area (Å²) in [5, 5.41) is 0. The van der Waals surface area contributed by atoms with Gasteiger partial charge in [0.2, 0.25) is 0 Å². The van der Waals surface area contributed by atoms with Gasteiger partial charge in [-0.25, -0.2) is 0 Å². The third kappa shape index (κ3) is 3.50. The summed E-state index contributed by atoms with van der Waals surface area (Å²) in [6.45, 7) is 1.88. The number of hydrogen-bond donors (Lipinski definition) is 0. The van der Waals surface area contributed by atoms with Crippen LogP contribution in [0.1, 0.15) is 87.5 Å². The molecule has 3 heteroatoms. The summed E-state index contributed by atoms with van der Waals surface area (Å²) in [6.07, 6.45) is 14.0. The van der Waals surface area contributed by atoms with E-state index in [1.165, 1.54) is 75.3 Å². The van der Waals surface area contributed by atoms with Crippen molar-refractivity contribution in [3.8, 4) is 11.5 Å². The Balaban J connectivity index is 1.10. The van der Waals surface area contributed by atoms with E-state index in [0.29, 0.717) is 10.8 Å². The van der Waals surface area contributed by atoms with Crippen molar-refractivity contribution in [2.24, 2.45) is 10.8 Å². The Morgan fingerprint density at radius 1 is 0.548 bits per heavy atom. The number of ether oxygens (including phenoxy) is 3. The molecule has 2 spiro atoms. The fraction of sp³-hybridized carbons (Fsp3) is 0.571. The van der Waals surface area contributed by atoms with Crippen molar-refractivity contribution in [3.63, 3.8) is 0 Å². The monoisotopic (exact) mass is 418 g/mol. The SMILES string of the molecule is c1cc(C2OCC23CCCCC3)ccc1Oc1ccc(C2OCC23CCCCC3)cc1. The van der Waals surface area contributed by atoms with Crippen molar-refractivity contribution in [1.29, 1.82) is 0 Å². The van der Waals surface area contributed by atoms with E-state index >= 15 is 0 Å². The third-order valence-electron chi connectivity index (χ3n) is 8.49. The van der Waals surface area contributed by atoms with Crippen LogP contribution in [-0.2, 0) is 9.47 Å². The molecule has 0 amide bonds. The van der Waals surface area contributed by atoms with Gasteiger partial charge in [0.05, 0.1) is 25.4 Å². The van der Waals surface area contributed by atoms with E-state index in [-0.39, 0.29) is 12.2 Å². The Kier molecular flexibility index (Phi) is 5.07. The topological polar surface area (TPSA) is 27.7 Å². The summed E-state index contributed by atoms with van der Waals surface area (Å²) in [6, 6.07) is 17.1. The fourth-order valence-electron chi connectivity index (χ4n) is 6.59. The maximum absolute atomic E-state index is 6.14. The highest BCUT2D eigenvalue weighted by Crippen LogP contribution is 2.56. The van der Waals surface area contributed by atoms with Gasteiger partial charge in [0.15, 0.2) is 0 Å². The molecule has 2 unspecified atom stereocenters. The van der Waals surface area contributed by atoms with Gasteiger partial charge in [-0.15, -0.1) is 0 Å². The first-order valence-corrected chi connectivity index (χ1v) is 12.4. The number of rotatable bonds is 4. The van der Waals surface area contributed by atoms with Crippen LogP contribution in [0.25, 0.3) is 0 Å². The Labute approximate surface area is 186 Å². The van der Waals surface area contributed by atoms with Crippen molar-refractivity contribution in [3.05, 3.63) is 59.7 Å². The van der Waals surface area contributed by atoms with Crippen molar-refractivity contribution in [2.75, 3.05) is 13.2 Å². The average Bonchev–Trinajstić information content (AvgIpc) is 2.81. The van der Waals surface area contributed by atoms with Gasteiger partial charge in [0.25, 0.3) is 0 Å². The predicted octanol–water partition coefficient (Wildman–Crippen LogP) is 7.52. The third-order valence-corrected chi connectivity index (χ3v) is 8.49. The Morgan fingerprint density at radius 3 is 1.26 bits per heavy atom. The molecule has 164 valence electrons. The van der Waals surface area contributed by atoms with Crippen LogP contribution < -0.4 is 4.74 Å². The minimum absolute atomic E-state index is 0.274. The van der Waals surface area contributed by atoms with Gasteiger partial charge in [-0.1, -0.05) is 62.8 Å². The first kappa shape index (κ1) is 19.8. The van der Waals surface area contributed by atoms with Gasteiger partial charge >= 0.3 is 0 Å². The van der Waals surface area contributed by atoms with Crippen LogP contribution >= 0.6 is 0 Å². The van der Waals surface area contributed by atoms with Crippen LogP contribution in [0.3, 0.4) is 0 Å². The van der Waals surface area contributed by atoms with Crippen LogP contribution in [-0.4, -0.2) is 13.2 Å². The Morgan fingerprint density at radius 2 is 0.935 bits per heavy atom. The fourth-order valence-corrected chi connectivity index (χ4v) is 6.59. The maximum Gasteiger partial charge on any atom is 0.127 e. The molecule has 0 radical (unpaired) electrons. The van der Waals surface area contributed by atoms with E-state index in [1.54, 1.807) is 0 Å². The van der Waals surface area contributed by atoms with Gasteiger partial charge in [0, 0.05) is 10.8 Å². The summed E-state index contributed by atoms with van der Waals surface area (Å²) < 4.78 is 18.2. The molecule has 2 atom stereocenters. The predicted molar refractivity (Wildman–Crippen MR) is 121 cm³/mol. The standard InChI is InChI=1S/C28H34O3/c1-3-15-27(16-4-1)19-29-25(27)21-7-11-23(12-8-21)31-24-13-9-22(10-14-24)26-28(20-30-26)17-5-2-6-18-28/h7-14,25-26H,1-6,15-20H2. The molecule has 0 bridgehead atoms. The molecular formula is C28H34O3. The van der Waals surface area contributed by atoms with Crippen LogP contribution in [0.15, 0.2) is 48.5 Å². The lowest BCUT2D eigenvalue weighted by molar-refractivity contribution is -0.206. The second kappa shape index (κ2) is 7.94. The summed E-state index contributed by atoms with van der Waals surface area (Å²) in [5.74, 6) is 1.77.